The van der Waals surface area contributed by atoms with E-state index in [1.807, 2.05) is 24.5 Å². The van der Waals surface area contributed by atoms with E-state index in [0.29, 0.717) is 12.1 Å². The largest absolute Gasteiger partial charge is 0.352 e. The van der Waals surface area contributed by atoms with Crippen LogP contribution in [0.3, 0.4) is 0 Å². The summed E-state index contributed by atoms with van der Waals surface area (Å²) in [7, 11) is 0. The Hall–Kier alpha value is -2.27. The molecule has 0 saturated carbocycles. The number of nitrogens with one attached hydrogen (secondary N) is 1. The zero-order valence-electron chi connectivity index (χ0n) is 13.0. The molecule has 4 nitrogen and oxygen atoms in total. The zero-order valence-corrected chi connectivity index (χ0v) is 13.8. The van der Waals surface area contributed by atoms with E-state index in [4.69, 9.17) is 0 Å². The van der Waals surface area contributed by atoms with Crippen molar-refractivity contribution in [3.8, 4) is 0 Å². The topological polar surface area (TPSA) is 46.9 Å². The fourth-order valence-corrected chi connectivity index (χ4v) is 2.96. The van der Waals surface area contributed by atoms with Crippen molar-refractivity contribution in [2.45, 2.75) is 18.0 Å². The number of amides is 1. The van der Waals surface area contributed by atoms with Gasteiger partial charge in [0.2, 0.25) is 0 Å². The summed E-state index contributed by atoms with van der Waals surface area (Å²) in [5.41, 5.74) is 1.90. The molecule has 2 aromatic heterocycles. The highest BCUT2D eigenvalue weighted by Crippen LogP contribution is 2.15. The first-order valence-corrected chi connectivity index (χ1v) is 8.82. The first-order chi connectivity index (χ1) is 11.3. The Balaban J connectivity index is 1.52. The Morgan fingerprint density at radius 1 is 1.26 bits per heavy atom. The third kappa shape index (κ3) is 3.74. The lowest BCUT2D eigenvalue weighted by Gasteiger charge is -2.08. The number of carbonyl (C=O) groups excluding carboxylic acids is 1. The predicted octanol–water partition coefficient (Wildman–Crippen LogP) is 3.58. The molecule has 0 saturated heterocycles. The van der Waals surface area contributed by atoms with Crippen LogP contribution in [0, 0.1) is 0 Å². The van der Waals surface area contributed by atoms with Gasteiger partial charge >= 0.3 is 0 Å². The maximum absolute atomic E-state index is 12.1. The summed E-state index contributed by atoms with van der Waals surface area (Å²) in [6.45, 7) is 1.54. The maximum Gasteiger partial charge on any atom is 0.251 e. The predicted molar refractivity (Wildman–Crippen MR) is 94.9 cm³/mol. The Bertz CT molecular complexity index is 813. The third-order valence-corrected chi connectivity index (χ3v) is 4.39. The quantitative estimate of drug-likeness (QED) is 0.556. The molecular weight excluding hydrogens is 306 g/mol. The number of aromatic nitrogens is 2. The summed E-state index contributed by atoms with van der Waals surface area (Å²) in [4.78, 5) is 16.3. The van der Waals surface area contributed by atoms with E-state index in [1.54, 1.807) is 12.3 Å². The normalized spacial score (nSPS) is 10.8. The number of fused-ring (bicyclic) bond motifs is 1. The second kappa shape index (κ2) is 7.33. The minimum atomic E-state index is -0.0416. The van der Waals surface area contributed by atoms with Crippen LogP contribution in [0.25, 0.3) is 10.9 Å². The average Bonchev–Trinajstić information content (AvgIpc) is 3.02. The molecule has 5 heteroatoms. The molecule has 0 radical (unpaired) electrons. The molecule has 0 aliphatic carbocycles. The Labute approximate surface area is 139 Å². The van der Waals surface area contributed by atoms with Gasteiger partial charge in [-0.25, -0.2) is 4.98 Å². The van der Waals surface area contributed by atoms with Gasteiger partial charge in [0.1, 0.15) is 0 Å². The minimum Gasteiger partial charge on any atom is -0.352 e. The number of para-hydroxylation sites is 1. The highest BCUT2D eigenvalue weighted by atomic mass is 32.2. The standard InChI is InChI=1S/C18H19N3OS/c1-23-17-13-15(7-10-19-17)18(22)20-9-4-11-21-12-8-14-5-2-3-6-16(14)21/h2-3,5-8,10,12-13H,4,9,11H2,1H3,(H,20,22). The second-order valence-electron chi connectivity index (χ2n) is 5.26. The average molecular weight is 325 g/mol. The van der Waals surface area contributed by atoms with Crippen molar-refractivity contribution in [3.63, 3.8) is 0 Å². The van der Waals surface area contributed by atoms with Gasteiger partial charge in [0.25, 0.3) is 5.91 Å². The lowest BCUT2D eigenvalue weighted by molar-refractivity contribution is 0.0952. The fraction of sp³-hybridized carbons (Fsp3) is 0.222. The minimum absolute atomic E-state index is 0.0416. The van der Waals surface area contributed by atoms with Crippen molar-refractivity contribution in [3.05, 3.63) is 60.4 Å². The van der Waals surface area contributed by atoms with Crippen molar-refractivity contribution in [1.29, 1.82) is 0 Å². The van der Waals surface area contributed by atoms with Crippen LogP contribution >= 0.6 is 11.8 Å². The number of rotatable bonds is 6. The number of carbonyl (C=O) groups is 1. The molecule has 118 valence electrons. The third-order valence-electron chi connectivity index (χ3n) is 3.75. The summed E-state index contributed by atoms with van der Waals surface area (Å²) in [6.07, 6.45) is 6.61. The zero-order chi connectivity index (χ0) is 16.1. The molecule has 0 spiro atoms. The van der Waals surface area contributed by atoms with Gasteiger partial charge in [-0.2, -0.15) is 0 Å². The van der Waals surface area contributed by atoms with Gasteiger partial charge < -0.3 is 9.88 Å². The molecule has 3 aromatic rings. The van der Waals surface area contributed by atoms with E-state index >= 15 is 0 Å². The summed E-state index contributed by atoms with van der Waals surface area (Å²) in [6, 6.07) is 14.0. The monoisotopic (exact) mass is 325 g/mol. The van der Waals surface area contributed by atoms with Crippen molar-refractivity contribution in [1.82, 2.24) is 14.9 Å². The summed E-state index contributed by atoms with van der Waals surface area (Å²) >= 11 is 1.53. The van der Waals surface area contributed by atoms with E-state index < -0.39 is 0 Å². The SMILES string of the molecule is CSc1cc(C(=O)NCCCn2ccc3ccccc32)ccn1. The number of hydrogen-bond donors (Lipinski definition) is 1. The smallest absolute Gasteiger partial charge is 0.251 e. The number of aryl methyl sites for hydroxylation is 1. The number of nitrogens with zero attached hydrogens (tertiary/aromatic N) is 2. The van der Waals surface area contributed by atoms with Crippen LogP contribution in [0.1, 0.15) is 16.8 Å². The Morgan fingerprint density at radius 2 is 2.13 bits per heavy atom. The van der Waals surface area contributed by atoms with Gasteiger partial charge in [-0.05, 0) is 42.3 Å². The van der Waals surface area contributed by atoms with E-state index in [-0.39, 0.29) is 5.91 Å². The van der Waals surface area contributed by atoms with Gasteiger partial charge in [0.15, 0.2) is 0 Å². The van der Waals surface area contributed by atoms with Crippen LogP contribution in [0.4, 0.5) is 0 Å². The van der Waals surface area contributed by atoms with Crippen LogP contribution in [0.15, 0.2) is 59.9 Å². The molecule has 0 atom stereocenters. The number of pyridine rings is 1. The van der Waals surface area contributed by atoms with Crippen molar-refractivity contribution in [2.24, 2.45) is 0 Å². The van der Waals surface area contributed by atoms with Crippen LogP contribution in [-0.2, 0) is 6.54 Å². The van der Waals surface area contributed by atoms with Crippen molar-refractivity contribution in [2.75, 3.05) is 12.8 Å². The van der Waals surface area contributed by atoms with E-state index in [1.165, 1.54) is 22.7 Å². The molecule has 3 rings (SSSR count). The summed E-state index contributed by atoms with van der Waals surface area (Å²) in [5.74, 6) is -0.0416. The highest BCUT2D eigenvalue weighted by Gasteiger charge is 2.06. The number of hydrogen-bond acceptors (Lipinski definition) is 3. The van der Waals surface area contributed by atoms with Gasteiger partial charge in [0, 0.05) is 36.6 Å². The first-order valence-electron chi connectivity index (χ1n) is 7.60. The molecular formula is C18H19N3OS. The second-order valence-corrected chi connectivity index (χ2v) is 6.09. The van der Waals surface area contributed by atoms with Crippen LogP contribution in [-0.4, -0.2) is 28.3 Å². The van der Waals surface area contributed by atoms with Gasteiger partial charge in [-0.3, -0.25) is 4.79 Å². The molecule has 1 N–H and O–H groups in total. The Morgan fingerprint density at radius 3 is 3.00 bits per heavy atom. The number of benzene rings is 1. The molecule has 0 aliphatic rings. The molecule has 0 bridgehead atoms. The molecule has 0 fully saturated rings. The maximum atomic E-state index is 12.1. The van der Waals surface area contributed by atoms with Gasteiger partial charge in [-0.1, -0.05) is 18.2 Å². The lowest BCUT2D eigenvalue weighted by Crippen LogP contribution is -2.25. The molecule has 23 heavy (non-hydrogen) atoms. The molecule has 0 unspecified atom stereocenters. The number of thioether (sulfide) groups is 1. The van der Waals surface area contributed by atoms with Gasteiger partial charge in [-0.15, -0.1) is 11.8 Å². The molecule has 1 amide bonds. The lowest BCUT2D eigenvalue weighted by atomic mass is 10.2. The van der Waals surface area contributed by atoms with Crippen LogP contribution in [0.2, 0.25) is 0 Å². The Kier molecular flexibility index (Phi) is 4.98. The van der Waals surface area contributed by atoms with Crippen LogP contribution < -0.4 is 5.32 Å². The van der Waals surface area contributed by atoms with Crippen molar-refractivity contribution >= 4 is 28.6 Å². The van der Waals surface area contributed by atoms with Crippen LogP contribution in [0.5, 0.6) is 0 Å². The summed E-state index contributed by atoms with van der Waals surface area (Å²) < 4.78 is 2.22. The summed E-state index contributed by atoms with van der Waals surface area (Å²) in [5, 5.41) is 5.08. The van der Waals surface area contributed by atoms with E-state index in [2.05, 4.69) is 39.3 Å². The molecule has 0 aliphatic heterocycles. The highest BCUT2D eigenvalue weighted by molar-refractivity contribution is 7.98. The molecule has 2 heterocycles. The van der Waals surface area contributed by atoms with Crippen molar-refractivity contribution < 1.29 is 4.79 Å². The van der Waals surface area contributed by atoms with E-state index in [0.717, 1.165) is 18.0 Å². The first kappa shape index (κ1) is 15.6. The van der Waals surface area contributed by atoms with Gasteiger partial charge in [0.05, 0.1) is 5.03 Å². The molecule has 1 aromatic carbocycles. The fourth-order valence-electron chi connectivity index (χ4n) is 2.55. The van der Waals surface area contributed by atoms with E-state index in [9.17, 15) is 4.79 Å².